The number of aromatic nitrogens is 3. The standard InChI is InChI=1S/C20H16N4O3/c25-18-11-15(13-27-16-9-5-2-6-10-16)22-19-17(12-21-24(18)19)20(26)23-14-7-3-1-4-8-14/h1-12,21H,13H2,(H,23,26). The fourth-order valence-corrected chi connectivity index (χ4v) is 2.66. The van der Waals surface area contributed by atoms with E-state index >= 15 is 0 Å². The third kappa shape index (κ3) is 3.57. The molecule has 0 fully saturated rings. The first kappa shape index (κ1) is 16.6. The number of amides is 1. The van der Waals surface area contributed by atoms with Gasteiger partial charge in [-0.15, -0.1) is 0 Å². The number of anilines is 1. The minimum atomic E-state index is -0.354. The van der Waals surface area contributed by atoms with Gasteiger partial charge >= 0.3 is 0 Å². The number of rotatable bonds is 5. The Morgan fingerprint density at radius 1 is 1.07 bits per heavy atom. The van der Waals surface area contributed by atoms with E-state index in [1.807, 2.05) is 48.5 Å². The highest BCUT2D eigenvalue weighted by Crippen LogP contribution is 2.13. The molecule has 0 aliphatic rings. The van der Waals surface area contributed by atoms with Crippen LogP contribution in [0.2, 0.25) is 0 Å². The first-order chi connectivity index (χ1) is 13.2. The molecule has 2 N–H and O–H groups in total. The number of ether oxygens (including phenoxy) is 1. The van der Waals surface area contributed by atoms with Gasteiger partial charge in [0, 0.05) is 18.0 Å². The maximum atomic E-state index is 12.6. The number of aromatic amines is 1. The zero-order valence-electron chi connectivity index (χ0n) is 14.3. The Bertz CT molecular complexity index is 1130. The van der Waals surface area contributed by atoms with Crippen LogP contribution >= 0.6 is 0 Å². The Labute approximate surface area is 154 Å². The average molecular weight is 360 g/mol. The topological polar surface area (TPSA) is 88.5 Å². The Morgan fingerprint density at radius 2 is 1.78 bits per heavy atom. The summed E-state index contributed by atoms with van der Waals surface area (Å²) in [5.74, 6) is 0.323. The van der Waals surface area contributed by atoms with Crippen LogP contribution in [0.15, 0.2) is 77.7 Å². The molecule has 4 rings (SSSR count). The number of benzene rings is 2. The lowest BCUT2D eigenvalue weighted by Crippen LogP contribution is -2.18. The molecule has 0 spiro atoms. The second-order valence-corrected chi connectivity index (χ2v) is 5.85. The van der Waals surface area contributed by atoms with Gasteiger partial charge in [0.25, 0.3) is 11.5 Å². The quantitative estimate of drug-likeness (QED) is 0.573. The lowest BCUT2D eigenvalue weighted by molar-refractivity contribution is 0.102. The van der Waals surface area contributed by atoms with Crippen molar-refractivity contribution >= 4 is 17.2 Å². The third-order valence-corrected chi connectivity index (χ3v) is 3.96. The summed E-state index contributed by atoms with van der Waals surface area (Å²) in [6.45, 7) is 0.126. The van der Waals surface area contributed by atoms with Gasteiger partial charge in [-0.3, -0.25) is 14.7 Å². The van der Waals surface area contributed by atoms with Crippen molar-refractivity contribution in [1.82, 2.24) is 14.6 Å². The highest BCUT2D eigenvalue weighted by Gasteiger charge is 2.16. The van der Waals surface area contributed by atoms with E-state index < -0.39 is 0 Å². The summed E-state index contributed by atoms with van der Waals surface area (Å²) in [5, 5.41) is 5.55. The van der Waals surface area contributed by atoms with Gasteiger partial charge in [0.15, 0.2) is 5.65 Å². The van der Waals surface area contributed by atoms with Gasteiger partial charge in [-0.2, -0.15) is 0 Å². The number of hydrogen-bond acceptors (Lipinski definition) is 4. The third-order valence-electron chi connectivity index (χ3n) is 3.96. The Balaban J connectivity index is 1.61. The molecule has 4 aromatic rings. The molecule has 27 heavy (non-hydrogen) atoms. The van der Waals surface area contributed by atoms with Crippen molar-refractivity contribution in [3.8, 4) is 5.75 Å². The Hall–Kier alpha value is -3.87. The molecule has 0 saturated carbocycles. The molecule has 7 heteroatoms. The van der Waals surface area contributed by atoms with E-state index in [1.165, 1.54) is 16.8 Å². The van der Waals surface area contributed by atoms with Crippen LogP contribution in [0.4, 0.5) is 5.69 Å². The van der Waals surface area contributed by atoms with E-state index in [-0.39, 0.29) is 29.3 Å². The van der Waals surface area contributed by atoms with Crippen LogP contribution in [0.3, 0.4) is 0 Å². The molecule has 7 nitrogen and oxygen atoms in total. The van der Waals surface area contributed by atoms with Crippen LogP contribution in [0.5, 0.6) is 5.75 Å². The summed E-state index contributed by atoms with van der Waals surface area (Å²) in [4.78, 5) is 29.3. The lowest BCUT2D eigenvalue weighted by atomic mass is 10.2. The molecule has 2 heterocycles. The molecule has 0 aliphatic heterocycles. The minimum absolute atomic E-state index is 0.126. The van der Waals surface area contributed by atoms with Crippen molar-refractivity contribution in [2.75, 3.05) is 5.32 Å². The summed E-state index contributed by atoms with van der Waals surface area (Å²) in [6, 6.07) is 19.7. The largest absolute Gasteiger partial charge is 0.487 e. The van der Waals surface area contributed by atoms with Gasteiger partial charge < -0.3 is 10.1 Å². The molecular weight excluding hydrogens is 344 g/mol. The monoisotopic (exact) mass is 360 g/mol. The number of nitrogens with zero attached hydrogens (tertiary/aromatic N) is 2. The van der Waals surface area contributed by atoms with Crippen molar-refractivity contribution in [2.24, 2.45) is 0 Å². The molecular formula is C20H16N4O3. The number of carbonyl (C=O) groups is 1. The Morgan fingerprint density at radius 3 is 2.52 bits per heavy atom. The van der Waals surface area contributed by atoms with Crippen molar-refractivity contribution in [2.45, 2.75) is 6.61 Å². The molecule has 0 unspecified atom stereocenters. The van der Waals surface area contributed by atoms with E-state index in [1.54, 1.807) is 12.1 Å². The number of H-pyrrole nitrogens is 1. The smallest absolute Gasteiger partial charge is 0.273 e. The van der Waals surface area contributed by atoms with Crippen LogP contribution in [0.25, 0.3) is 5.65 Å². The predicted molar refractivity (Wildman–Crippen MR) is 101 cm³/mol. The van der Waals surface area contributed by atoms with E-state index in [9.17, 15) is 9.59 Å². The van der Waals surface area contributed by atoms with Gasteiger partial charge in [-0.05, 0) is 24.3 Å². The van der Waals surface area contributed by atoms with Crippen molar-refractivity contribution in [3.05, 3.63) is 94.5 Å². The van der Waals surface area contributed by atoms with E-state index in [0.29, 0.717) is 17.1 Å². The van der Waals surface area contributed by atoms with Crippen LogP contribution in [-0.2, 0) is 6.61 Å². The molecule has 0 aliphatic carbocycles. The number of fused-ring (bicyclic) bond motifs is 1. The summed E-state index contributed by atoms with van der Waals surface area (Å²) in [5.41, 5.74) is 1.32. The summed E-state index contributed by atoms with van der Waals surface area (Å²) in [6.07, 6.45) is 1.46. The predicted octanol–water partition coefficient (Wildman–Crippen LogP) is 2.85. The van der Waals surface area contributed by atoms with Crippen molar-refractivity contribution in [3.63, 3.8) is 0 Å². The van der Waals surface area contributed by atoms with Gasteiger partial charge in [0.2, 0.25) is 0 Å². The highest BCUT2D eigenvalue weighted by molar-refractivity contribution is 6.08. The minimum Gasteiger partial charge on any atom is -0.487 e. The number of nitrogens with one attached hydrogen (secondary N) is 2. The molecule has 134 valence electrons. The summed E-state index contributed by atoms with van der Waals surface area (Å²) < 4.78 is 6.88. The average Bonchev–Trinajstić information content (AvgIpc) is 3.13. The second kappa shape index (κ2) is 7.17. The summed E-state index contributed by atoms with van der Waals surface area (Å²) in [7, 11) is 0. The SMILES string of the molecule is O=C(Nc1ccccc1)c1c[nH]n2c(=O)cc(COc3ccccc3)nc12. The normalized spacial score (nSPS) is 10.7. The molecule has 0 radical (unpaired) electrons. The summed E-state index contributed by atoms with van der Waals surface area (Å²) >= 11 is 0. The zero-order chi connectivity index (χ0) is 18.6. The fourth-order valence-electron chi connectivity index (χ4n) is 2.66. The van der Waals surface area contributed by atoms with Crippen molar-refractivity contribution < 1.29 is 9.53 Å². The van der Waals surface area contributed by atoms with Crippen LogP contribution in [0, 0.1) is 0 Å². The fraction of sp³-hybridized carbons (Fsp3) is 0.0500. The maximum absolute atomic E-state index is 12.6. The maximum Gasteiger partial charge on any atom is 0.273 e. The molecule has 0 bridgehead atoms. The van der Waals surface area contributed by atoms with Gasteiger partial charge in [0.05, 0.1) is 5.69 Å². The molecule has 2 aromatic carbocycles. The first-order valence-electron chi connectivity index (χ1n) is 8.35. The second-order valence-electron chi connectivity index (χ2n) is 5.85. The number of carbonyl (C=O) groups excluding carboxylic acids is 1. The molecule has 2 aromatic heterocycles. The van der Waals surface area contributed by atoms with E-state index in [2.05, 4.69) is 15.4 Å². The van der Waals surface area contributed by atoms with Gasteiger partial charge in [-0.1, -0.05) is 36.4 Å². The number of para-hydroxylation sites is 2. The van der Waals surface area contributed by atoms with Crippen LogP contribution < -0.4 is 15.6 Å². The molecule has 0 saturated heterocycles. The highest BCUT2D eigenvalue weighted by atomic mass is 16.5. The zero-order valence-corrected chi connectivity index (χ0v) is 14.3. The first-order valence-corrected chi connectivity index (χ1v) is 8.35. The van der Waals surface area contributed by atoms with Crippen LogP contribution in [0.1, 0.15) is 16.1 Å². The van der Waals surface area contributed by atoms with Gasteiger partial charge in [0.1, 0.15) is 17.9 Å². The lowest BCUT2D eigenvalue weighted by Gasteiger charge is -2.06. The van der Waals surface area contributed by atoms with Crippen molar-refractivity contribution in [1.29, 1.82) is 0 Å². The van der Waals surface area contributed by atoms with E-state index in [0.717, 1.165) is 0 Å². The molecule has 0 atom stereocenters. The van der Waals surface area contributed by atoms with E-state index in [4.69, 9.17) is 4.74 Å². The Kier molecular flexibility index (Phi) is 4.40. The van der Waals surface area contributed by atoms with Gasteiger partial charge in [-0.25, -0.2) is 9.50 Å². The van der Waals surface area contributed by atoms with Crippen LogP contribution in [-0.4, -0.2) is 20.5 Å². The number of hydrogen-bond donors (Lipinski definition) is 2. The molecule has 1 amide bonds.